The molecule has 1 unspecified atom stereocenters. The van der Waals surface area contributed by atoms with Crippen molar-refractivity contribution < 1.29 is 14.3 Å². The molecule has 0 bridgehead atoms. The maximum Gasteiger partial charge on any atom is 0.248 e. The Morgan fingerprint density at radius 2 is 2.14 bits per heavy atom. The Morgan fingerprint density at radius 1 is 1.36 bits per heavy atom. The molecule has 1 aliphatic rings. The summed E-state index contributed by atoms with van der Waals surface area (Å²) in [5.74, 6) is 0.0568. The Hall–Kier alpha value is -2.56. The molecule has 0 spiro atoms. The number of fused-ring (bicyclic) bond motifs is 1. The molecule has 0 saturated heterocycles. The van der Waals surface area contributed by atoms with Crippen LogP contribution in [0.3, 0.4) is 0 Å². The molecule has 114 valence electrons. The lowest BCUT2D eigenvalue weighted by molar-refractivity contribution is -0.615. The number of carbonyl (C=O) groups excluding carboxylic acids is 1. The molecule has 1 aromatic heterocycles. The van der Waals surface area contributed by atoms with Crippen LogP contribution in [-0.4, -0.2) is 11.5 Å². The van der Waals surface area contributed by atoms with Gasteiger partial charge in [0, 0.05) is 29.7 Å². The summed E-state index contributed by atoms with van der Waals surface area (Å²) in [7, 11) is 0. The summed E-state index contributed by atoms with van der Waals surface area (Å²) in [4.78, 5) is 11.4. The predicted molar refractivity (Wildman–Crippen MR) is 81.5 cm³/mol. The Morgan fingerprint density at radius 3 is 2.82 bits per heavy atom. The van der Waals surface area contributed by atoms with Gasteiger partial charge in [0.25, 0.3) is 0 Å². The van der Waals surface area contributed by atoms with Gasteiger partial charge in [-0.15, -0.1) is 0 Å². The van der Waals surface area contributed by atoms with Crippen LogP contribution in [0.5, 0.6) is 5.75 Å². The van der Waals surface area contributed by atoms with Crippen molar-refractivity contribution in [2.45, 2.75) is 31.8 Å². The van der Waals surface area contributed by atoms with Crippen molar-refractivity contribution >= 4 is 5.91 Å². The number of rotatable bonds is 2. The molecular formula is C17H18N2O3. The fraction of sp³-hybridized carbons (Fsp3) is 0.294. The fourth-order valence-electron chi connectivity index (χ4n) is 2.98. The van der Waals surface area contributed by atoms with Crippen molar-refractivity contribution in [1.29, 1.82) is 0 Å². The Labute approximate surface area is 128 Å². The topological polar surface area (TPSA) is 79.3 Å². The first kappa shape index (κ1) is 14.4. The summed E-state index contributed by atoms with van der Waals surface area (Å²) < 4.78 is 6.85. The number of hydrogen-bond acceptors (Lipinski definition) is 3. The van der Waals surface area contributed by atoms with Crippen LogP contribution in [0.2, 0.25) is 0 Å². The van der Waals surface area contributed by atoms with Crippen molar-refractivity contribution in [1.82, 2.24) is 0 Å². The van der Waals surface area contributed by atoms with E-state index in [0.29, 0.717) is 23.4 Å². The van der Waals surface area contributed by atoms with E-state index < -0.39 is 11.5 Å². The molecule has 5 heteroatoms. The number of aromatic nitrogens is 1. The van der Waals surface area contributed by atoms with Crippen molar-refractivity contribution in [3.05, 3.63) is 64.6 Å². The molecule has 0 radical (unpaired) electrons. The number of nitrogens with zero attached hydrogens (tertiary/aromatic N) is 1. The molecule has 0 aliphatic carbocycles. The maximum absolute atomic E-state index is 12.1. The van der Waals surface area contributed by atoms with E-state index in [4.69, 9.17) is 10.5 Å². The van der Waals surface area contributed by atoms with E-state index in [-0.39, 0.29) is 5.92 Å². The Bertz CT molecular complexity index is 740. The second kappa shape index (κ2) is 5.02. The molecule has 0 saturated carbocycles. The van der Waals surface area contributed by atoms with Gasteiger partial charge in [0.15, 0.2) is 6.20 Å². The number of primary amides is 1. The van der Waals surface area contributed by atoms with E-state index in [0.717, 1.165) is 10.3 Å². The predicted octanol–water partition coefficient (Wildman–Crippen LogP) is 2.11. The highest BCUT2D eigenvalue weighted by atomic mass is 16.5. The third kappa shape index (κ3) is 2.50. The minimum atomic E-state index is -0.491. The quantitative estimate of drug-likeness (QED) is 0.681. The van der Waals surface area contributed by atoms with Gasteiger partial charge in [-0.2, -0.15) is 4.73 Å². The van der Waals surface area contributed by atoms with Crippen molar-refractivity contribution in [3.63, 3.8) is 0 Å². The van der Waals surface area contributed by atoms with Crippen LogP contribution in [0.4, 0.5) is 0 Å². The molecule has 22 heavy (non-hydrogen) atoms. The van der Waals surface area contributed by atoms with Crippen LogP contribution < -0.4 is 15.2 Å². The number of benzene rings is 1. The lowest BCUT2D eigenvalue weighted by Gasteiger charge is -2.36. The number of hydrogen-bond donors (Lipinski definition) is 1. The molecule has 5 nitrogen and oxygen atoms in total. The summed E-state index contributed by atoms with van der Waals surface area (Å²) in [6, 6.07) is 10.5. The molecule has 2 heterocycles. The highest BCUT2D eigenvalue weighted by Crippen LogP contribution is 2.43. The molecule has 0 fully saturated rings. The van der Waals surface area contributed by atoms with E-state index in [1.54, 1.807) is 30.3 Å². The SMILES string of the molecule is CC1(C)CC(c2cccc[n+]2[O-])c2cc(C(N)=O)ccc2O1. The third-order valence-electron chi connectivity index (χ3n) is 3.96. The molecule has 2 aromatic rings. The van der Waals surface area contributed by atoms with Crippen LogP contribution in [0.15, 0.2) is 42.6 Å². The lowest BCUT2D eigenvalue weighted by atomic mass is 9.81. The summed E-state index contributed by atoms with van der Waals surface area (Å²) in [5.41, 5.74) is 6.86. The average Bonchev–Trinajstić information content (AvgIpc) is 2.45. The van der Waals surface area contributed by atoms with Gasteiger partial charge in [-0.1, -0.05) is 0 Å². The second-order valence-electron chi connectivity index (χ2n) is 6.19. The number of ether oxygens (including phenoxy) is 1. The Balaban J connectivity index is 2.17. The molecule has 1 aromatic carbocycles. The Kier molecular flexibility index (Phi) is 3.28. The molecule has 1 aliphatic heterocycles. The summed E-state index contributed by atoms with van der Waals surface area (Å²) in [5, 5.41) is 12.1. The van der Waals surface area contributed by atoms with Gasteiger partial charge in [-0.05, 0) is 38.1 Å². The zero-order valence-corrected chi connectivity index (χ0v) is 12.6. The lowest BCUT2D eigenvalue weighted by Crippen LogP contribution is -2.40. The van der Waals surface area contributed by atoms with E-state index >= 15 is 0 Å². The molecule has 1 amide bonds. The minimum Gasteiger partial charge on any atom is -0.618 e. The summed E-state index contributed by atoms with van der Waals surface area (Å²) in [6.45, 7) is 3.98. The maximum atomic E-state index is 12.1. The zero-order valence-electron chi connectivity index (χ0n) is 12.6. The number of carbonyl (C=O) groups is 1. The minimum absolute atomic E-state index is 0.142. The molecule has 1 atom stereocenters. The van der Waals surface area contributed by atoms with E-state index in [1.807, 2.05) is 19.9 Å². The molecule has 2 N–H and O–H groups in total. The summed E-state index contributed by atoms with van der Waals surface area (Å²) >= 11 is 0. The van der Waals surface area contributed by atoms with Crippen LogP contribution in [0, 0.1) is 5.21 Å². The highest BCUT2D eigenvalue weighted by Gasteiger charge is 2.38. The van der Waals surface area contributed by atoms with E-state index in [9.17, 15) is 10.0 Å². The smallest absolute Gasteiger partial charge is 0.248 e. The molecule has 3 rings (SSSR count). The largest absolute Gasteiger partial charge is 0.618 e. The van der Waals surface area contributed by atoms with Crippen molar-refractivity contribution in [3.8, 4) is 5.75 Å². The van der Waals surface area contributed by atoms with Gasteiger partial charge in [0.1, 0.15) is 11.4 Å². The molecular weight excluding hydrogens is 280 g/mol. The second-order valence-corrected chi connectivity index (χ2v) is 6.19. The monoisotopic (exact) mass is 298 g/mol. The van der Waals surface area contributed by atoms with Gasteiger partial charge in [-0.3, -0.25) is 4.79 Å². The van der Waals surface area contributed by atoms with Crippen molar-refractivity contribution in [2.24, 2.45) is 5.73 Å². The van der Waals surface area contributed by atoms with E-state index in [1.165, 1.54) is 6.20 Å². The van der Waals surface area contributed by atoms with Crippen LogP contribution >= 0.6 is 0 Å². The highest BCUT2D eigenvalue weighted by molar-refractivity contribution is 5.93. The zero-order chi connectivity index (χ0) is 15.9. The normalized spacial score (nSPS) is 19.1. The summed E-state index contributed by atoms with van der Waals surface area (Å²) in [6.07, 6.45) is 2.13. The van der Waals surface area contributed by atoms with E-state index in [2.05, 4.69) is 0 Å². The third-order valence-corrected chi connectivity index (χ3v) is 3.96. The van der Waals surface area contributed by atoms with Gasteiger partial charge < -0.3 is 15.7 Å². The number of nitrogens with two attached hydrogens (primary N) is 1. The van der Waals surface area contributed by atoms with Gasteiger partial charge in [-0.25, -0.2) is 0 Å². The van der Waals surface area contributed by atoms with Gasteiger partial charge >= 0.3 is 0 Å². The van der Waals surface area contributed by atoms with Crippen molar-refractivity contribution in [2.75, 3.05) is 0 Å². The van der Waals surface area contributed by atoms with Crippen LogP contribution in [0.1, 0.15) is 47.8 Å². The van der Waals surface area contributed by atoms with Gasteiger partial charge in [0.05, 0.1) is 5.92 Å². The fourth-order valence-corrected chi connectivity index (χ4v) is 2.98. The number of amides is 1. The first-order valence-corrected chi connectivity index (χ1v) is 7.18. The first-order valence-electron chi connectivity index (χ1n) is 7.18. The number of pyridine rings is 1. The van der Waals surface area contributed by atoms with Crippen LogP contribution in [0.25, 0.3) is 0 Å². The van der Waals surface area contributed by atoms with Gasteiger partial charge in [0.2, 0.25) is 11.6 Å². The average molecular weight is 298 g/mol. The standard InChI is InChI=1S/C17H18N2O3/c1-17(2)10-13(14-5-3-4-8-19(14)21)12-9-11(16(18)20)6-7-15(12)22-17/h3-9,13H,10H2,1-2H3,(H2,18,20). The van der Waals surface area contributed by atoms with Crippen LogP contribution in [-0.2, 0) is 0 Å². The first-order chi connectivity index (χ1) is 10.4.